The zero-order valence-electron chi connectivity index (χ0n) is 15.8. The summed E-state index contributed by atoms with van der Waals surface area (Å²) in [5, 5.41) is 3.40. The molecule has 3 aromatic rings. The molecule has 158 valence electrons. The molecule has 1 aliphatic heterocycles. The molecule has 1 aliphatic rings. The van der Waals surface area contributed by atoms with Crippen molar-refractivity contribution in [3.05, 3.63) is 52.3 Å². The highest BCUT2D eigenvalue weighted by atomic mass is 79.9. The molecule has 0 unspecified atom stereocenters. The molecule has 0 saturated carbocycles. The molecule has 3 heterocycles. The number of piperidine rings is 1. The molecule has 4 rings (SSSR count). The fourth-order valence-corrected chi connectivity index (χ4v) is 4.26. The molecular formula is C20H19BrF3N5O. The molecule has 0 bridgehead atoms. The smallest absolute Gasteiger partial charge is 0.368 e. The van der Waals surface area contributed by atoms with Crippen molar-refractivity contribution in [3.63, 3.8) is 0 Å². The zero-order chi connectivity index (χ0) is 21.5. The molecule has 30 heavy (non-hydrogen) atoms. The van der Waals surface area contributed by atoms with E-state index in [1.807, 2.05) is 0 Å². The zero-order valence-corrected chi connectivity index (χ0v) is 17.3. The number of halogens is 4. The molecule has 0 radical (unpaired) electrons. The van der Waals surface area contributed by atoms with E-state index in [0.29, 0.717) is 23.3 Å². The van der Waals surface area contributed by atoms with Crippen molar-refractivity contribution >= 4 is 44.2 Å². The van der Waals surface area contributed by atoms with E-state index in [1.54, 1.807) is 12.4 Å². The number of carbonyl (C=O) groups excluding carboxylic acids is 1. The summed E-state index contributed by atoms with van der Waals surface area (Å²) in [7, 11) is 0. The monoisotopic (exact) mass is 481 g/mol. The van der Waals surface area contributed by atoms with Gasteiger partial charge in [-0.15, -0.1) is 0 Å². The Morgan fingerprint density at radius 2 is 2.17 bits per heavy atom. The third kappa shape index (κ3) is 4.01. The molecule has 1 fully saturated rings. The van der Waals surface area contributed by atoms with Crippen molar-refractivity contribution in [2.75, 3.05) is 23.3 Å². The van der Waals surface area contributed by atoms with E-state index >= 15 is 0 Å². The maximum absolute atomic E-state index is 13.0. The van der Waals surface area contributed by atoms with Crippen LogP contribution in [-0.4, -0.2) is 35.0 Å². The van der Waals surface area contributed by atoms with E-state index in [4.69, 9.17) is 5.73 Å². The maximum atomic E-state index is 13.0. The summed E-state index contributed by atoms with van der Waals surface area (Å²) in [6.07, 6.45) is 0.615. The van der Waals surface area contributed by atoms with E-state index in [9.17, 15) is 18.0 Å². The molecule has 1 aromatic carbocycles. The Bertz CT molecular complexity index is 1100. The Labute approximate surface area is 178 Å². The first-order valence-corrected chi connectivity index (χ1v) is 10.2. The minimum Gasteiger partial charge on any atom is -0.368 e. The molecule has 2 aromatic heterocycles. The topological polar surface area (TPSA) is 87.0 Å². The Balaban J connectivity index is 1.70. The second-order valence-electron chi connectivity index (χ2n) is 7.26. The van der Waals surface area contributed by atoms with Gasteiger partial charge in [0, 0.05) is 37.1 Å². The van der Waals surface area contributed by atoms with Crippen LogP contribution in [0.25, 0.3) is 11.0 Å². The first-order chi connectivity index (χ1) is 14.2. The number of amides is 1. The standard InChI is InChI=1S/C20H19BrF3N5O/c21-14-8-26-18-16(17(14)29-6-2-5-13(25)10-29)15(9-27-18)28-19(30)11-3-1-4-12(7-11)20(22,23)24/h1,3-4,7-9,13H,2,5-6,10,25H2,(H,26,27)(H,28,30)/t13-/m1/s1. The Kier molecular flexibility index (Phi) is 5.46. The van der Waals surface area contributed by atoms with Crippen molar-refractivity contribution in [2.45, 2.75) is 25.1 Å². The number of anilines is 2. The summed E-state index contributed by atoms with van der Waals surface area (Å²) in [6, 6.07) is 4.37. The number of rotatable bonds is 3. The normalized spacial score (nSPS) is 17.4. The minimum absolute atomic E-state index is 0.0379. The number of pyridine rings is 1. The summed E-state index contributed by atoms with van der Waals surface area (Å²) >= 11 is 3.54. The highest BCUT2D eigenvalue weighted by Gasteiger charge is 2.31. The summed E-state index contributed by atoms with van der Waals surface area (Å²) < 4.78 is 39.7. The van der Waals surface area contributed by atoms with Gasteiger partial charge in [-0.3, -0.25) is 4.79 Å². The number of H-pyrrole nitrogens is 1. The third-order valence-corrected chi connectivity index (χ3v) is 5.68. The summed E-state index contributed by atoms with van der Waals surface area (Å²) in [5.41, 5.74) is 7.03. The molecule has 0 aliphatic carbocycles. The van der Waals surface area contributed by atoms with Crippen LogP contribution in [0.4, 0.5) is 24.5 Å². The molecule has 4 N–H and O–H groups in total. The molecule has 6 nitrogen and oxygen atoms in total. The van der Waals surface area contributed by atoms with E-state index in [2.05, 4.69) is 36.1 Å². The van der Waals surface area contributed by atoms with Crippen LogP contribution in [0.2, 0.25) is 0 Å². The fourth-order valence-electron chi connectivity index (χ4n) is 3.71. The number of aromatic amines is 1. The van der Waals surface area contributed by atoms with E-state index in [-0.39, 0.29) is 11.6 Å². The summed E-state index contributed by atoms with van der Waals surface area (Å²) in [4.78, 5) is 22.2. The van der Waals surface area contributed by atoms with E-state index in [0.717, 1.165) is 41.7 Å². The first-order valence-electron chi connectivity index (χ1n) is 9.39. The maximum Gasteiger partial charge on any atom is 0.416 e. The van der Waals surface area contributed by atoms with Crippen molar-refractivity contribution in [3.8, 4) is 0 Å². The lowest BCUT2D eigenvalue weighted by atomic mass is 10.1. The molecule has 1 atom stereocenters. The van der Waals surface area contributed by atoms with Crippen LogP contribution in [0.5, 0.6) is 0 Å². The van der Waals surface area contributed by atoms with Crippen LogP contribution in [0.15, 0.2) is 41.1 Å². The molecule has 10 heteroatoms. The van der Waals surface area contributed by atoms with Gasteiger partial charge in [0.25, 0.3) is 5.91 Å². The lowest BCUT2D eigenvalue weighted by molar-refractivity contribution is -0.137. The predicted octanol–water partition coefficient (Wildman–Crippen LogP) is 4.52. The SMILES string of the molecule is N[C@@H]1CCCN(c2c(Br)cnc3[nH]cc(NC(=O)c4cccc(C(F)(F)F)c4)c23)C1. The second-order valence-corrected chi connectivity index (χ2v) is 8.12. The van der Waals surface area contributed by atoms with E-state index < -0.39 is 17.6 Å². The number of nitrogens with two attached hydrogens (primary N) is 1. The second kappa shape index (κ2) is 7.92. The van der Waals surface area contributed by atoms with Gasteiger partial charge < -0.3 is 20.9 Å². The molecular weight excluding hydrogens is 463 g/mol. The number of hydrogen-bond acceptors (Lipinski definition) is 4. The van der Waals surface area contributed by atoms with Crippen molar-refractivity contribution < 1.29 is 18.0 Å². The van der Waals surface area contributed by atoms with Gasteiger partial charge in [-0.05, 0) is 47.0 Å². The van der Waals surface area contributed by atoms with E-state index in [1.165, 1.54) is 12.1 Å². The van der Waals surface area contributed by atoms with Crippen LogP contribution in [0, 0.1) is 0 Å². The van der Waals surface area contributed by atoms with Gasteiger partial charge in [0.15, 0.2) is 0 Å². The quantitative estimate of drug-likeness (QED) is 0.513. The fraction of sp³-hybridized carbons (Fsp3) is 0.300. The van der Waals surface area contributed by atoms with Gasteiger partial charge in [-0.1, -0.05) is 6.07 Å². The number of fused-ring (bicyclic) bond motifs is 1. The number of carbonyl (C=O) groups is 1. The minimum atomic E-state index is -4.52. The molecule has 1 amide bonds. The summed E-state index contributed by atoms with van der Waals surface area (Å²) in [5.74, 6) is -0.636. The van der Waals surface area contributed by atoms with Gasteiger partial charge in [-0.25, -0.2) is 4.98 Å². The number of alkyl halides is 3. The first kappa shape index (κ1) is 20.7. The molecule has 1 saturated heterocycles. The Morgan fingerprint density at radius 3 is 2.90 bits per heavy atom. The average Bonchev–Trinajstić information content (AvgIpc) is 3.10. The van der Waals surface area contributed by atoms with Crippen molar-refractivity contribution in [1.29, 1.82) is 0 Å². The van der Waals surface area contributed by atoms with Crippen LogP contribution in [-0.2, 0) is 6.18 Å². The lowest BCUT2D eigenvalue weighted by Crippen LogP contribution is -2.43. The largest absolute Gasteiger partial charge is 0.416 e. The average molecular weight is 482 g/mol. The molecule has 0 spiro atoms. The Morgan fingerprint density at radius 1 is 1.37 bits per heavy atom. The van der Waals surface area contributed by atoms with Gasteiger partial charge in [0.2, 0.25) is 0 Å². The van der Waals surface area contributed by atoms with Crippen LogP contribution in [0.1, 0.15) is 28.8 Å². The van der Waals surface area contributed by atoms with Crippen LogP contribution in [0.3, 0.4) is 0 Å². The van der Waals surface area contributed by atoms with Crippen molar-refractivity contribution in [1.82, 2.24) is 9.97 Å². The van der Waals surface area contributed by atoms with Gasteiger partial charge >= 0.3 is 6.18 Å². The summed E-state index contributed by atoms with van der Waals surface area (Å²) in [6.45, 7) is 1.46. The lowest BCUT2D eigenvalue weighted by Gasteiger charge is -2.33. The number of hydrogen-bond donors (Lipinski definition) is 3. The Hall–Kier alpha value is -2.59. The van der Waals surface area contributed by atoms with Crippen LogP contribution < -0.4 is 16.0 Å². The number of benzene rings is 1. The van der Waals surface area contributed by atoms with Crippen LogP contribution >= 0.6 is 15.9 Å². The highest BCUT2D eigenvalue weighted by molar-refractivity contribution is 9.10. The van der Waals surface area contributed by atoms with Gasteiger partial charge in [-0.2, -0.15) is 13.2 Å². The van der Waals surface area contributed by atoms with Gasteiger partial charge in [0.05, 0.1) is 26.8 Å². The highest BCUT2D eigenvalue weighted by Crippen LogP contribution is 2.39. The number of nitrogens with zero attached hydrogens (tertiary/aromatic N) is 2. The van der Waals surface area contributed by atoms with Gasteiger partial charge in [0.1, 0.15) is 5.65 Å². The predicted molar refractivity (Wildman–Crippen MR) is 113 cm³/mol. The number of aromatic nitrogens is 2. The number of nitrogens with one attached hydrogen (secondary N) is 2. The van der Waals surface area contributed by atoms with Crippen molar-refractivity contribution in [2.24, 2.45) is 5.73 Å². The third-order valence-electron chi connectivity index (χ3n) is 5.10.